The third-order valence-electron chi connectivity index (χ3n) is 3.89. The van der Waals surface area contributed by atoms with Crippen LogP contribution in [0.25, 0.3) is 0 Å². The van der Waals surface area contributed by atoms with E-state index in [1.807, 2.05) is 37.3 Å². The SMILES string of the molecule is CCCCCc1cc(O)c(C/C=C(C)/C=C\C=C(C)C)c(C#N)c1. The van der Waals surface area contributed by atoms with E-state index in [4.69, 9.17) is 0 Å². The molecule has 0 amide bonds. The molecule has 0 aliphatic rings. The van der Waals surface area contributed by atoms with E-state index < -0.39 is 0 Å². The van der Waals surface area contributed by atoms with E-state index in [9.17, 15) is 10.4 Å². The summed E-state index contributed by atoms with van der Waals surface area (Å²) in [6.45, 7) is 8.31. The number of aromatic hydroxyl groups is 1. The van der Waals surface area contributed by atoms with Crippen molar-refractivity contribution in [2.24, 2.45) is 0 Å². The number of allylic oxidation sites excluding steroid dienone is 6. The standard InChI is InChI=1S/C22H29NO/c1-5-6-7-11-19-14-20(16-23)21(22(24)15-19)13-12-18(4)10-8-9-17(2)3/h8-10,12,14-15,24H,5-7,11,13H2,1-4H3/b10-8-,18-12+. The highest BCUT2D eigenvalue weighted by Gasteiger charge is 2.09. The van der Waals surface area contributed by atoms with Crippen molar-refractivity contribution in [3.63, 3.8) is 0 Å². The summed E-state index contributed by atoms with van der Waals surface area (Å²) >= 11 is 0. The molecule has 1 aromatic carbocycles. The number of phenols is 1. The number of nitriles is 1. The highest BCUT2D eigenvalue weighted by Crippen LogP contribution is 2.25. The van der Waals surface area contributed by atoms with Gasteiger partial charge < -0.3 is 5.11 Å². The second-order valence-electron chi connectivity index (χ2n) is 6.47. The van der Waals surface area contributed by atoms with Crippen LogP contribution in [0.5, 0.6) is 5.75 Å². The zero-order valence-corrected chi connectivity index (χ0v) is 15.4. The van der Waals surface area contributed by atoms with Crippen LogP contribution in [0.4, 0.5) is 0 Å². The topological polar surface area (TPSA) is 44.0 Å². The zero-order valence-electron chi connectivity index (χ0n) is 15.4. The average Bonchev–Trinajstić information content (AvgIpc) is 2.53. The Labute approximate surface area is 146 Å². The van der Waals surface area contributed by atoms with Crippen LogP contribution in [0.15, 0.2) is 47.6 Å². The summed E-state index contributed by atoms with van der Waals surface area (Å²) in [6.07, 6.45) is 13.1. The molecule has 1 rings (SSSR count). The molecular formula is C22H29NO. The van der Waals surface area contributed by atoms with Crippen LogP contribution in [0.1, 0.15) is 63.6 Å². The minimum Gasteiger partial charge on any atom is -0.508 e. The summed E-state index contributed by atoms with van der Waals surface area (Å²) in [4.78, 5) is 0. The van der Waals surface area contributed by atoms with E-state index in [2.05, 4.69) is 32.9 Å². The van der Waals surface area contributed by atoms with Gasteiger partial charge >= 0.3 is 0 Å². The molecule has 0 radical (unpaired) electrons. The molecule has 0 aromatic heterocycles. The first-order valence-electron chi connectivity index (χ1n) is 8.71. The van der Waals surface area contributed by atoms with Crippen molar-refractivity contribution in [1.29, 1.82) is 5.26 Å². The predicted octanol–water partition coefficient (Wildman–Crippen LogP) is 6.01. The summed E-state index contributed by atoms with van der Waals surface area (Å²) in [5.41, 5.74) is 4.71. The van der Waals surface area contributed by atoms with E-state index in [0.29, 0.717) is 17.5 Å². The number of hydrogen-bond donors (Lipinski definition) is 1. The number of rotatable bonds is 8. The molecule has 0 heterocycles. The van der Waals surface area contributed by atoms with Crippen LogP contribution in [0, 0.1) is 11.3 Å². The molecule has 0 spiro atoms. The van der Waals surface area contributed by atoms with Crippen molar-refractivity contribution in [3.8, 4) is 11.8 Å². The minimum atomic E-state index is 0.234. The Hall–Kier alpha value is -2.27. The smallest absolute Gasteiger partial charge is 0.120 e. The van der Waals surface area contributed by atoms with Crippen molar-refractivity contribution in [2.45, 2.75) is 59.8 Å². The van der Waals surface area contributed by atoms with E-state index in [-0.39, 0.29) is 5.75 Å². The maximum Gasteiger partial charge on any atom is 0.120 e. The maximum atomic E-state index is 10.3. The summed E-state index contributed by atoms with van der Waals surface area (Å²) in [6, 6.07) is 5.97. The Morgan fingerprint density at radius 3 is 2.58 bits per heavy atom. The largest absolute Gasteiger partial charge is 0.508 e. The van der Waals surface area contributed by atoms with Gasteiger partial charge in [-0.2, -0.15) is 5.26 Å². The van der Waals surface area contributed by atoms with Gasteiger partial charge in [-0.3, -0.25) is 0 Å². The Morgan fingerprint density at radius 2 is 1.96 bits per heavy atom. The molecule has 0 aliphatic carbocycles. The van der Waals surface area contributed by atoms with Gasteiger partial charge in [-0.05, 0) is 57.7 Å². The Balaban J connectivity index is 2.90. The molecule has 0 atom stereocenters. The van der Waals surface area contributed by atoms with Gasteiger partial charge in [0.2, 0.25) is 0 Å². The van der Waals surface area contributed by atoms with Gasteiger partial charge in [0.25, 0.3) is 0 Å². The van der Waals surface area contributed by atoms with Gasteiger partial charge in [0.15, 0.2) is 0 Å². The Bertz CT molecular complexity index is 668. The highest BCUT2D eigenvalue weighted by atomic mass is 16.3. The molecule has 0 unspecified atom stereocenters. The molecule has 1 aromatic rings. The number of phenolic OH excluding ortho intramolecular Hbond substituents is 1. The molecule has 24 heavy (non-hydrogen) atoms. The molecule has 128 valence electrons. The molecule has 0 saturated heterocycles. The second kappa shape index (κ2) is 10.5. The van der Waals surface area contributed by atoms with Crippen molar-refractivity contribution < 1.29 is 5.11 Å². The number of unbranched alkanes of at least 4 members (excludes halogenated alkanes) is 2. The van der Waals surface area contributed by atoms with E-state index in [1.165, 1.54) is 18.4 Å². The zero-order chi connectivity index (χ0) is 17.9. The van der Waals surface area contributed by atoms with E-state index >= 15 is 0 Å². The molecule has 2 nitrogen and oxygen atoms in total. The van der Waals surface area contributed by atoms with Gasteiger partial charge in [-0.15, -0.1) is 0 Å². The highest BCUT2D eigenvalue weighted by molar-refractivity contribution is 5.50. The first kappa shape index (κ1) is 19.8. The van der Waals surface area contributed by atoms with E-state index in [0.717, 1.165) is 24.0 Å². The Kier molecular flexibility index (Phi) is 8.65. The van der Waals surface area contributed by atoms with Gasteiger partial charge in [0.1, 0.15) is 5.75 Å². The number of aryl methyl sites for hydroxylation is 1. The lowest BCUT2D eigenvalue weighted by molar-refractivity contribution is 0.468. The molecule has 0 bridgehead atoms. The van der Waals surface area contributed by atoms with Gasteiger partial charge in [0.05, 0.1) is 11.6 Å². The van der Waals surface area contributed by atoms with Crippen molar-refractivity contribution in [1.82, 2.24) is 0 Å². The van der Waals surface area contributed by atoms with Gasteiger partial charge in [-0.1, -0.05) is 55.2 Å². The van der Waals surface area contributed by atoms with E-state index in [1.54, 1.807) is 0 Å². The molecule has 0 aliphatic heterocycles. The van der Waals surface area contributed by atoms with Gasteiger partial charge in [0, 0.05) is 5.56 Å². The van der Waals surface area contributed by atoms with Crippen molar-refractivity contribution >= 4 is 0 Å². The third-order valence-corrected chi connectivity index (χ3v) is 3.89. The van der Waals surface area contributed by atoms with Crippen LogP contribution in [-0.2, 0) is 12.8 Å². The molecular weight excluding hydrogens is 294 g/mol. The fourth-order valence-electron chi connectivity index (χ4n) is 2.48. The molecule has 0 saturated carbocycles. The fraction of sp³-hybridized carbons (Fsp3) is 0.409. The first-order valence-corrected chi connectivity index (χ1v) is 8.71. The lowest BCUT2D eigenvalue weighted by Crippen LogP contribution is -1.94. The summed E-state index contributed by atoms with van der Waals surface area (Å²) in [5.74, 6) is 0.234. The Morgan fingerprint density at radius 1 is 1.21 bits per heavy atom. The van der Waals surface area contributed by atoms with Crippen LogP contribution in [0.2, 0.25) is 0 Å². The average molecular weight is 323 g/mol. The number of hydrogen-bond acceptors (Lipinski definition) is 2. The normalized spacial score (nSPS) is 11.5. The molecule has 1 N–H and O–H groups in total. The second-order valence-corrected chi connectivity index (χ2v) is 6.47. The minimum absolute atomic E-state index is 0.234. The number of benzene rings is 1. The van der Waals surface area contributed by atoms with Gasteiger partial charge in [-0.25, -0.2) is 0 Å². The summed E-state index contributed by atoms with van der Waals surface area (Å²) < 4.78 is 0. The first-order chi connectivity index (χ1) is 11.5. The number of nitrogens with zero attached hydrogens (tertiary/aromatic N) is 1. The summed E-state index contributed by atoms with van der Waals surface area (Å²) in [5, 5.41) is 19.7. The monoisotopic (exact) mass is 323 g/mol. The maximum absolute atomic E-state index is 10.3. The predicted molar refractivity (Wildman–Crippen MR) is 102 cm³/mol. The molecule has 2 heteroatoms. The third kappa shape index (κ3) is 6.87. The lowest BCUT2D eigenvalue weighted by atomic mass is 9.97. The summed E-state index contributed by atoms with van der Waals surface area (Å²) in [7, 11) is 0. The van der Waals surface area contributed by atoms with Crippen LogP contribution in [-0.4, -0.2) is 5.11 Å². The van der Waals surface area contributed by atoms with Crippen LogP contribution < -0.4 is 0 Å². The van der Waals surface area contributed by atoms with Crippen molar-refractivity contribution in [3.05, 3.63) is 64.3 Å². The van der Waals surface area contributed by atoms with Crippen molar-refractivity contribution in [2.75, 3.05) is 0 Å². The lowest BCUT2D eigenvalue weighted by Gasteiger charge is -2.09. The van der Waals surface area contributed by atoms with Crippen LogP contribution >= 0.6 is 0 Å². The fourth-order valence-corrected chi connectivity index (χ4v) is 2.48. The van der Waals surface area contributed by atoms with Crippen LogP contribution in [0.3, 0.4) is 0 Å². The quantitative estimate of drug-likeness (QED) is 0.470. The molecule has 0 fully saturated rings.